The topological polar surface area (TPSA) is 119 Å². The van der Waals surface area contributed by atoms with Gasteiger partial charge in [0.15, 0.2) is 0 Å². The van der Waals surface area contributed by atoms with E-state index in [1.165, 1.54) is 0 Å². The van der Waals surface area contributed by atoms with Gasteiger partial charge in [0.1, 0.15) is 10.9 Å². The van der Waals surface area contributed by atoms with Crippen molar-refractivity contribution in [2.75, 3.05) is 19.6 Å². The maximum absolute atomic E-state index is 12.0. The van der Waals surface area contributed by atoms with Gasteiger partial charge in [0.25, 0.3) is 0 Å². The van der Waals surface area contributed by atoms with Crippen molar-refractivity contribution in [3.63, 3.8) is 0 Å². The van der Waals surface area contributed by atoms with Crippen LogP contribution in [-0.2, 0) is 19.6 Å². The van der Waals surface area contributed by atoms with Crippen molar-refractivity contribution in [2.24, 2.45) is 17.0 Å². The van der Waals surface area contributed by atoms with Gasteiger partial charge in [0.05, 0.1) is 0 Å². The standard InChI is InChI=1S/C17H31N3O5S/c1-17(2,3)25-16(22)19-9-12-4-6-13(7-5-12)10-20-11-14(8-15(20)21)26(18,23)24/h12-14H,4-11H2,1-3H3,(H,19,22)(H2,18,23,24). The van der Waals surface area contributed by atoms with Crippen molar-refractivity contribution < 1.29 is 22.7 Å². The number of nitrogens with one attached hydrogen (secondary N) is 1. The third-order valence-electron chi connectivity index (χ3n) is 5.02. The van der Waals surface area contributed by atoms with Crippen LogP contribution in [0.1, 0.15) is 52.9 Å². The Kier molecular flexibility index (Phi) is 6.55. The van der Waals surface area contributed by atoms with Gasteiger partial charge in [-0.2, -0.15) is 0 Å². The molecule has 1 atom stereocenters. The van der Waals surface area contributed by atoms with Crippen LogP contribution in [0.2, 0.25) is 0 Å². The van der Waals surface area contributed by atoms with Gasteiger partial charge in [-0.05, 0) is 58.3 Å². The SMILES string of the molecule is CC(C)(C)OC(=O)NCC1CCC(CN2CC(S(N)(=O)=O)CC2=O)CC1. The van der Waals surface area contributed by atoms with Gasteiger partial charge >= 0.3 is 6.09 Å². The molecule has 0 radical (unpaired) electrons. The van der Waals surface area contributed by atoms with E-state index in [9.17, 15) is 18.0 Å². The highest BCUT2D eigenvalue weighted by Gasteiger charge is 2.37. The Bertz CT molecular complexity index is 621. The van der Waals surface area contributed by atoms with Crippen LogP contribution in [-0.4, -0.2) is 55.8 Å². The first kappa shape index (κ1) is 21.0. The number of hydrogen-bond donors (Lipinski definition) is 2. The molecule has 1 unspecified atom stereocenters. The lowest BCUT2D eigenvalue weighted by Crippen LogP contribution is -2.38. The van der Waals surface area contributed by atoms with Crippen molar-refractivity contribution in [1.82, 2.24) is 10.2 Å². The summed E-state index contributed by atoms with van der Waals surface area (Å²) in [6.07, 6.45) is 3.47. The van der Waals surface area contributed by atoms with E-state index in [1.54, 1.807) is 4.90 Å². The molecule has 0 spiro atoms. The fraction of sp³-hybridized carbons (Fsp3) is 0.882. The number of nitrogens with two attached hydrogens (primary N) is 1. The fourth-order valence-electron chi connectivity index (χ4n) is 3.60. The van der Waals surface area contributed by atoms with E-state index < -0.39 is 27.0 Å². The molecule has 1 saturated heterocycles. The Labute approximate surface area is 155 Å². The van der Waals surface area contributed by atoms with E-state index in [2.05, 4.69) is 5.32 Å². The van der Waals surface area contributed by atoms with Crippen LogP contribution in [0.25, 0.3) is 0 Å². The highest BCUT2D eigenvalue weighted by molar-refractivity contribution is 7.89. The first-order valence-electron chi connectivity index (χ1n) is 9.20. The summed E-state index contributed by atoms with van der Waals surface area (Å²) < 4.78 is 28.1. The van der Waals surface area contributed by atoms with E-state index in [1.807, 2.05) is 20.8 Å². The zero-order valence-electron chi connectivity index (χ0n) is 15.9. The second-order valence-electron chi connectivity index (χ2n) is 8.48. The second kappa shape index (κ2) is 8.12. The minimum absolute atomic E-state index is 0.00597. The van der Waals surface area contributed by atoms with Crippen molar-refractivity contribution in [2.45, 2.75) is 63.7 Å². The lowest BCUT2D eigenvalue weighted by molar-refractivity contribution is -0.128. The predicted octanol–water partition coefficient (Wildman–Crippen LogP) is 1.21. The number of rotatable bonds is 5. The number of likely N-dealkylation sites (tertiary alicyclic amines) is 1. The number of primary sulfonamides is 1. The number of carbonyl (C=O) groups excluding carboxylic acids is 2. The molecule has 1 aliphatic heterocycles. The molecular weight excluding hydrogens is 358 g/mol. The highest BCUT2D eigenvalue weighted by atomic mass is 32.2. The number of hydrogen-bond acceptors (Lipinski definition) is 5. The molecule has 0 bridgehead atoms. The first-order chi connectivity index (χ1) is 11.9. The maximum Gasteiger partial charge on any atom is 0.407 e. The average molecular weight is 390 g/mol. The molecule has 0 aromatic heterocycles. The van der Waals surface area contributed by atoms with Crippen LogP contribution in [0.3, 0.4) is 0 Å². The molecule has 0 aromatic rings. The lowest BCUT2D eigenvalue weighted by atomic mass is 9.82. The van der Waals surface area contributed by atoms with E-state index >= 15 is 0 Å². The number of amides is 2. The molecule has 26 heavy (non-hydrogen) atoms. The highest BCUT2D eigenvalue weighted by Crippen LogP contribution is 2.30. The summed E-state index contributed by atoms with van der Waals surface area (Å²) in [5, 5.41) is 7.21. The lowest BCUT2D eigenvalue weighted by Gasteiger charge is -2.31. The number of ether oxygens (including phenoxy) is 1. The Balaban J connectivity index is 1.70. The normalized spacial score (nSPS) is 27.5. The largest absolute Gasteiger partial charge is 0.444 e. The van der Waals surface area contributed by atoms with Crippen LogP contribution in [0.5, 0.6) is 0 Å². The molecule has 2 fully saturated rings. The fourth-order valence-corrected chi connectivity index (χ4v) is 4.37. The zero-order valence-corrected chi connectivity index (χ0v) is 16.7. The van der Waals surface area contributed by atoms with Gasteiger partial charge in [-0.15, -0.1) is 0 Å². The molecule has 2 aliphatic rings. The minimum Gasteiger partial charge on any atom is -0.444 e. The Morgan fingerprint density at radius 2 is 1.81 bits per heavy atom. The van der Waals surface area contributed by atoms with Crippen LogP contribution >= 0.6 is 0 Å². The first-order valence-corrected chi connectivity index (χ1v) is 10.8. The number of nitrogens with zero attached hydrogens (tertiary/aromatic N) is 1. The van der Waals surface area contributed by atoms with E-state index in [0.717, 1.165) is 25.7 Å². The molecule has 2 rings (SSSR count). The van der Waals surface area contributed by atoms with Crippen LogP contribution < -0.4 is 10.5 Å². The molecule has 8 nitrogen and oxygen atoms in total. The molecule has 1 heterocycles. The second-order valence-corrected chi connectivity index (χ2v) is 10.3. The number of alkyl carbamates (subject to hydrolysis) is 1. The number of carbonyl (C=O) groups is 2. The molecule has 1 saturated carbocycles. The molecule has 1 aliphatic carbocycles. The van der Waals surface area contributed by atoms with Crippen LogP contribution in [0.15, 0.2) is 0 Å². The summed E-state index contributed by atoms with van der Waals surface area (Å²) >= 11 is 0. The van der Waals surface area contributed by atoms with Gasteiger partial charge in [0.2, 0.25) is 15.9 Å². The quantitative estimate of drug-likeness (QED) is 0.732. The van der Waals surface area contributed by atoms with E-state index in [4.69, 9.17) is 9.88 Å². The monoisotopic (exact) mass is 389 g/mol. The van der Waals surface area contributed by atoms with Gasteiger partial charge < -0.3 is 15.0 Å². The smallest absolute Gasteiger partial charge is 0.407 e. The summed E-state index contributed by atoms with van der Waals surface area (Å²) in [5.41, 5.74) is -0.501. The molecular formula is C17H31N3O5S. The zero-order chi connectivity index (χ0) is 19.5. The average Bonchev–Trinajstić information content (AvgIpc) is 2.86. The van der Waals surface area contributed by atoms with Gasteiger partial charge in [0, 0.05) is 26.1 Å². The molecule has 2 amide bonds. The van der Waals surface area contributed by atoms with E-state index in [0.29, 0.717) is 24.9 Å². The van der Waals surface area contributed by atoms with Gasteiger partial charge in [-0.3, -0.25) is 4.79 Å². The van der Waals surface area contributed by atoms with Crippen LogP contribution in [0, 0.1) is 11.8 Å². The molecule has 9 heteroatoms. The summed E-state index contributed by atoms with van der Waals surface area (Å²) in [7, 11) is -3.66. The molecule has 0 aromatic carbocycles. The third-order valence-corrected chi connectivity index (χ3v) is 6.27. The summed E-state index contributed by atoms with van der Waals surface area (Å²) in [4.78, 5) is 25.4. The maximum atomic E-state index is 12.0. The van der Waals surface area contributed by atoms with Gasteiger partial charge in [-0.25, -0.2) is 18.4 Å². The van der Waals surface area contributed by atoms with Crippen molar-refractivity contribution in [3.05, 3.63) is 0 Å². The third kappa shape index (κ3) is 6.42. The van der Waals surface area contributed by atoms with Crippen molar-refractivity contribution in [3.8, 4) is 0 Å². The van der Waals surface area contributed by atoms with E-state index in [-0.39, 0.29) is 18.9 Å². The van der Waals surface area contributed by atoms with Gasteiger partial charge in [-0.1, -0.05) is 0 Å². The minimum atomic E-state index is -3.66. The predicted molar refractivity (Wildman–Crippen MR) is 97.8 cm³/mol. The number of sulfonamides is 1. The van der Waals surface area contributed by atoms with Crippen molar-refractivity contribution in [1.29, 1.82) is 0 Å². The summed E-state index contributed by atoms with van der Waals surface area (Å²) in [6, 6.07) is 0. The summed E-state index contributed by atoms with van der Waals surface area (Å²) in [6.45, 7) is 6.89. The Morgan fingerprint density at radius 3 is 2.31 bits per heavy atom. The van der Waals surface area contributed by atoms with Crippen molar-refractivity contribution >= 4 is 22.0 Å². The summed E-state index contributed by atoms with van der Waals surface area (Å²) in [5.74, 6) is 0.652. The molecule has 3 N–H and O–H groups in total. The Morgan fingerprint density at radius 1 is 1.23 bits per heavy atom. The molecule has 150 valence electrons. The van der Waals surface area contributed by atoms with Crippen LogP contribution in [0.4, 0.5) is 4.79 Å². The Hall–Kier alpha value is -1.35.